The summed E-state index contributed by atoms with van der Waals surface area (Å²) in [5.41, 5.74) is 2.65. The standard InChI is InChI=1S/C23H17ClN2O3/c1-14-4-6-16(7-5-14)21(27)19-20(15-8-10-17(24)11-9-15)26(23(29)22(19)28)18-3-2-12-25-13-18/h2-13,20,27H,1H3/b21-19-. The minimum atomic E-state index is -0.794. The number of amides is 1. The van der Waals surface area contributed by atoms with Crippen LogP contribution in [0.25, 0.3) is 5.76 Å². The van der Waals surface area contributed by atoms with Crippen LogP contribution in [-0.4, -0.2) is 21.8 Å². The number of carbonyl (C=O) groups excluding carboxylic acids is 2. The van der Waals surface area contributed by atoms with E-state index < -0.39 is 17.7 Å². The van der Waals surface area contributed by atoms with Crippen LogP contribution in [0.4, 0.5) is 5.69 Å². The monoisotopic (exact) mass is 404 g/mol. The van der Waals surface area contributed by atoms with Crippen LogP contribution < -0.4 is 4.90 Å². The fourth-order valence-corrected chi connectivity index (χ4v) is 3.55. The minimum Gasteiger partial charge on any atom is -0.507 e. The molecule has 29 heavy (non-hydrogen) atoms. The maximum atomic E-state index is 13.0. The molecule has 1 aliphatic heterocycles. The third-order valence-corrected chi connectivity index (χ3v) is 5.13. The Balaban J connectivity index is 1.94. The lowest BCUT2D eigenvalue weighted by molar-refractivity contribution is -0.132. The van der Waals surface area contributed by atoms with E-state index in [9.17, 15) is 14.7 Å². The predicted octanol–water partition coefficient (Wildman–Crippen LogP) is 4.67. The molecule has 0 radical (unpaired) electrons. The third kappa shape index (κ3) is 3.41. The van der Waals surface area contributed by atoms with Crippen LogP contribution in [0, 0.1) is 6.92 Å². The first-order chi connectivity index (χ1) is 14.0. The Kier molecular flexibility index (Phi) is 4.91. The molecule has 1 amide bonds. The highest BCUT2D eigenvalue weighted by Crippen LogP contribution is 2.42. The number of hydrogen-bond acceptors (Lipinski definition) is 4. The summed E-state index contributed by atoms with van der Waals surface area (Å²) < 4.78 is 0. The molecule has 4 rings (SSSR count). The van der Waals surface area contributed by atoms with Gasteiger partial charge in [0.25, 0.3) is 11.7 Å². The Morgan fingerprint density at radius 3 is 2.34 bits per heavy atom. The van der Waals surface area contributed by atoms with Crippen molar-refractivity contribution in [1.82, 2.24) is 4.98 Å². The number of ketones is 1. The second-order valence-corrected chi connectivity index (χ2v) is 7.23. The minimum absolute atomic E-state index is 0.0324. The lowest BCUT2D eigenvalue weighted by Crippen LogP contribution is -2.29. The number of aromatic nitrogens is 1. The molecule has 3 aromatic rings. The van der Waals surface area contributed by atoms with Crippen molar-refractivity contribution in [2.75, 3.05) is 4.90 Å². The SMILES string of the molecule is Cc1ccc(/C(O)=C2/C(=O)C(=O)N(c3cccnc3)C2c2ccc(Cl)cc2)cc1. The number of pyridine rings is 1. The lowest BCUT2D eigenvalue weighted by Gasteiger charge is -2.25. The maximum absolute atomic E-state index is 13.0. The van der Waals surface area contributed by atoms with Gasteiger partial charge in [0.1, 0.15) is 5.76 Å². The molecule has 0 saturated carbocycles. The van der Waals surface area contributed by atoms with Gasteiger partial charge in [-0.1, -0.05) is 53.6 Å². The highest BCUT2D eigenvalue weighted by atomic mass is 35.5. The number of aryl methyl sites for hydroxylation is 1. The molecule has 6 heteroatoms. The van der Waals surface area contributed by atoms with E-state index in [4.69, 9.17) is 11.6 Å². The van der Waals surface area contributed by atoms with E-state index in [1.807, 2.05) is 19.1 Å². The van der Waals surface area contributed by atoms with Gasteiger partial charge in [-0.15, -0.1) is 0 Å². The number of aliphatic hydroxyl groups excluding tert-OH is 1. The normalized spacial score (nSPS) is 18.3. The Bertz CT molecular complexity index is 1110. The molecule has 0 aliphatic carbocycles. The van der Waals surface area contributed by atoms with Gasteiger partial charge in [0.15, 0.2) is 0 Å². The molecular weight excluding hydrogens is 388 g/mol. The van der Waals surface area contributed by atoms with Crippen molar-refractivity contribution in [2.24, 2.45) is 0 Å². The lowest BCUT2D eigenvalue weighted by atomic mass is 9.95. The van der Waals surface area contributed by atoms with Gasteiger partial charge in [-0.2, -0.15) is 0 Å². The van der Waals surface area contributed by atoms with Gasteiger partial charge < -0.3 is 5.11 Å². The predicted molar refractivity (Wildman–Crippen MR) is 112 cm³/mol. The summed E-state index contributed by atoms with van der Waals surface area (Å²) in [6.07, 6.45) is 3.10. The second-order valence-electron chi connectivity index (χ2n) is 6.80. The van der Waals surface area contributed by atoms with Crippen LogP contribution in [-0.2, 0) is 9.59 Å². The number of nitrogens with zero attached hydrogens (tertiary/aromatic N) is 2. The molecule has 1 fully saturated rings. The topological polar surface area (TPSA) is 70.5 Å². The van der Waals surface area contributed by atoms with Crippen molar-refractivity contribution >= 4 is 34.7 Å². The first kappa shape index (κ1) is 18.9. The molecule has 0 spiro atoms. The van der Waals surface area contributed by atoms with E-state index in [1.54, 1.807) is 54.7 Å². The van der Waals surface area contributed by atoms with Crippen LogP contribution in [0.3, 0.4) is 0 Å². The summed E-state index contributed by atoms with van der Waals surface area (Å²) in [6, 6.07) is 16.6. The van der Waals surface area contributed by atoms with Crippen LogP contribution >= 0.6 is 11.6 Å². The number of halogens is 1. The maximum Gasteiger partial charge on any atom is 0.300 e. The van der Waals surface area contributed by atoms with Crippen molar-refractivity contribution in [3.8, 4) is 0 Å². The summed E-state index contributed by atoms with van der Waals surface area (Å²) >= 11 is 6.02. The Hall–Kier alpha value is -3.44. The molecule has 2 heterocycles. The third-order valence-electron chi connectivity index (χ3n) is 4.88. The molecular formula is C23H17ClN2O3. The van der Waals surface area contributed by atoms with E-state index in [0.717, 1.165) is 5.56 Å². The molecule has 1 saturated heterocycles. The van der Waals surface area contributed by atoms with Crippen molar-refractivity contribution in [3.63, 3.8) is 0 Å². The van der Waals surface area contributed by atoms with E-state index in [2.05, 4.69) is 4.98 Å². The number of aliphatic hydroxyl groups is 1. The fraction of sp³-hybridized carbons (Fsp3) is 0.0870. The zero-order valence-corrected chi connectivity index (χ0v) is 16.3. The van der Waals surface area contributed by atoms with Crippen molar-refractivity contribution in [2.45, 2.75) is 13.0 Å². The molecule has 0 bridgehead atoms. The molecule has 2 aromatic carbocycles. The van der Waals surface area contributed by atoms with Gasteiger partial charge >= 0.3 is 0 Å². The molecule has 5 nitrogen and oxygen atoms in total. The zero-order chi connectivity index (χ0) is 20.5. The molecule has 1 unspecified atom stereocenters. The summed E-state index contributed by atoms with van der Waals surface area (Å²) in [6.45, 7) is 1.93. The highest BCUT2D eigenvalue weighted by molar-refractivity contribution is 6.51. The Morgan fingerprint density at radius 2 is 1.72 bits per heavy atom. The van der Waals surface area contributed by atoms with Gasteiger partial charge in [0, 0.05) is 16.8 Å². The Labute approximate surface area is 172 Å². The van der Waals surface area contributed by atoms with Gasteiger partial charge in [-0.3, -0.25) is 19.5 Å². The van der Waals surface area contributed by atoms with Crippen LogP contribution in [0.15, 0.2) is 78.6 Å². The number of rotatable bonds is 3. The van der Waals surface area contributed by atoms with Gasteiger partial charge in [0.2, 0.25) is 0 Å². The molecule has 1 aromatic heterocycles. The summed E-state index contributed by atoms with van der Waals surface area (Å²) in [5, 5.41) is 11.5. The van der Waals surface area contributed by atoms with Crippen LogP contribution in [0.2, 0.25) is 5.02 Å². The van der Waals surface area contributed by atoms with Gasteiger partial charge in [-0.25, -0.2) is 0 Å². The summed E-state index contributed by atoms with van der Waals surface area (Å²) in [5.74, 6) is -1.67. The van der Waals surface area contributed by atoms with Crippen molar-refractivity contribution in [3.05, 3.63) is 100 Å². The smallest absolute Gasteiger partial charge is 0.300 e. The number of Topliss-reactive ketones (excluding diaryl/α,β-unsaturated/α-hetero) is 1. The molecule has 1 aliphatic rings. The fourth-order valence-electron chi connectivity index (χ4n) is 3.42. The summed E-state index contributed by atoms with van der Waals surface area (Å²) in [7, 11) is 0. The molecule has 1 atom stereocenters. The van der Waals surface area contributed by atoms with Gasteiger partial charge in [0.05, 0.1) is 23.5 Å². The largest absolute Gasteiger partial charge is 0.507 e. The van der Waals surface area contributed by atoms with E-state index >= 15 is 0 Å². The van der Waals surface area contributed by atoms with E-state index in [1.165, 1.54) is 11.1 Å². The van der Waals surface area contributed by atoms with E-state index in [0.29, 0.717) is 21.8 Å². The summed E-state index contributed by atoms with van der Waals surface area (Å²) in [4.78, 5) is 31.3. The quantitative estimate of drug-likeness (QED) is 0.391. The van der Waals surface area contributed by atoms with Gasteiger partial charge in [-0.05, 0) is 36.8 Å². The van der Waals surface area contributed by atoms with Crippen molar-refractivity contribution < 1.29 is 14.7 Å². The number of hydrogen-bond donors (Lipinski definition) is 1. The molecule has 144 valence electrons. The number of carbonyl (C=O) groups is 2. The average molecular weight is 405 g/mol. The first-order valence-corrected chi connectivity index (χ1v) is 9.38. The zero-order valence-electron chi connectivity index (χ0n) is 15.5. The first-order valence-electron chi connectivity index (χ1n) is 9.01. The highest BCUT2D eigenvalue weighted by Gasteiger charge is 2.47. The number of anilines is 1. The van der Waals surface area contributed by atoms with Crippen LogP contribution in [0.1, 0.15) is 22.7 Å². The van der Waals surface area contributed by atoms with E-state index in [-0.39, 0.29) is 11.3 Å². The number of benzene rings is 2. The Morgan fingerprint density at radius 1 is 1.03 bits per heavy atom. The average Bonchev–Trinajstić information content (AvgIpc) is 3.00. The van der Waals surface area contributed by atoms with Crippen molar-refractivity contribution in [1.29, 1.82) is 0 Å². The van der Waals surface area contributed by atoms with Crippen LogP contribution in [0.5, 0.6) is 0 Å². The molecule has 1 N–H and O–H groups in total. The second kappa shape index (κ2) is 7.53.